The first-order valence-corrected chi connectivity index (χ1v) is 12.8. The zero-order valence-electron chi connectivity index (χ0n) is 22.2. The third-order valence-corrected chi connectivity index (χ3v) is 8.23. The van der Waals surface area contributed by atoms with Crippen molar-refractivity contribution >= 4 is 34.8 Å². The Kier molecular flexibility index (Phi) is 6.72. The van der Waals surface area contributed by atoms with Crippen LogP contribution in [-0.2, 0) is 25.6 Å². The number of fused-ring (bicyclic) bond motifs is 3. The Morgan fingerprint density at radius 3 is 2.32 bits per heavy atom. The second-order valence-electron chi connectivity index (χ2n) is 10.7. The highest BCUT2D eigenvalue weighted by Gasteiger charge is 2.64. The van der Waals surface area contributed by atoms with Crippen LogP contribution in [-0.4, -0.2) is 86.2 Å². The molecule has 3 aliphatic carbocycles. The number of hydrogen-bond donors (Lipinski definition) is 7. The van der Waals surface area contributed by atoms with E-state index in [1.165, 1.54) is 25.1 Å². The number of phenols is 1. The van der Waals surface area contributed by atoms with Crippen LogP contribution in [0, 0.1) is 11.8 Å². The topological polar surface area (TPSA) is 211 Å². The van der Waals surface area contributed by atoms with Gasteiger partial charge in [-0.2, -0.15) is 0 Å². The summed E-state index contributed by atoms with van der Waals surface area (Å²) in [5, 5.41) is 56.3. The van der Waals surface area contributed by atoms with Crippen molar-refractivity contribution in [2.75, 3.05) is 26.0 Å². The maximum Gasteiger partial charge on any atom is 0.255 e. The van der Waals surface area contributed by atoms with Crippen molar-refractivity contribution in [1.29, 1.82) is 0 Å². The number of likely N-dealkylation sites (N-methyl/N-ethyl adjacent to an activating group) is 1. The summed E-state index contributed by atoms with van der Waals surface area (Å²) in [6.07, 6.45) is 0.119. The van der Waals surface area contributed by atoms with E-state index < -0.39 is 70.6 Å². The number of anilines is 1. The predicted octanol–water partition coefficient (Wildman–Crippen LogP) is 0.562. The molecule has 0 spiro atoms. The molecule has 2 aromatic carbocycles. The number of nitrogens with zero attached hydrogens (tertiary/aromatic N) is 1. The van der Waals surface area contributed by atoms with Crippen LogP contribution in [0.5, 0.6) is 5.75 Å². The number of ketones is 2. The van der Waals surface area contributed by atoms with Crippen LogP contribution in [0.15, 0.2) is 53.3 Å². The van der Waals surface area contributed by atoms with Crippen molar-refractivity contribution in [2.24, 2.45) is 17.6 Å². The third kappa shape index (κ3) is 4.10. The molecular formula is C29H29N3O9. The molecule has 0 saturated heterocycles. The molecule has 12 heteroatoms. The lowest BCUT2D eigenvalue weighted by atomic mass is 9.57. The smallest absolute Gasteiger partial charge is 0.255 e. The first kappa shape index (κ1) is 28.0. The van der Waals surface area contributed by atoms with Crippen LogP contribution >= 0.6 is 0 Å². The fourth-order valence-corrected chi connectivity index (χ4v) is 6.45. The number of aromatic hydroxyl groups is 1. The van der Waals surface area contributed by atoms with E-state index in [4.69, 9.17) is 10.8 Å². The Hall–Kier alpha value is -4.52. The standard InChI is InChI=1S/C29H29N3O9/c1-32(2)23-17-10-13-9-16-15(12-3-5-14(6-4-12)31-19(35)11-33)7-8-18(34)21(16)24(36)20(13)26(38)29(17,41)27(39)22(25(23)37)28(30)40/h3-8,13,17,23,33-34,36,39,41H,9-11H2,1-2H3,(H2,30,40)(H,31,35). The number of phenolic OH excluding ortho intramolecular Hbond substituents is 1. The Balaban J connectivity index is 1.65. The molecule has 2 aromatic rings. The zero-order valence-corrected chi connectivity index (χ0v) is 22.2. The summed E-state index contributed by atoms with van der Waals surface area (Å²) in [4.78, 5) is 52.2. The normalized spacial score (nSPS) is 25.5. The Morgan fingerprint density at radius 2 is 1.73 bits per heavy atom. The summed E-state index contributed by atoms with van der Waals surface area (Å²) in [5.74, 6) is -7.68. The first-order valence-electron chi connectivity index (χ1n) is 12.8. The fourth-order valence-electron chi connectivity index (χ4n) is 6.45. The second kappa shape index (κ2) is 9.84. The summed E-state index contributed by atoms with van der Waals surface area (Å²) in [6.45, 7) is -0.672. The average Bonchev–Trinajstić information content (AvgIpc) is 2.91. The van der Waals surface area contributed by atoms with E-state index in [9.17, 15) is 39.6 Å². The van der Waals surface area contributed by atoms with E-state index in [1.807, 2.05) is 0 Å². The SMILES string of the molecule is CN(C)C1C(=O)C(C(N)=O)=C(O)C2(O)C(=O)C3=C(O)c4c(O)ccc(-c5ccc(NC(=O)CO)cc5)c4CC3CC12. The summed E-state index contributed by atoms with van der Waals surface area (Å²) >= 11 is 0. The van der Waals surface area contributed by atoms with Crippen LogP contribution in [0.4, 0.5) is 5.69 Å². The largest absolute Gasteiger partial charge is 0.508 e. The van der Waals surface area contributed by atoms with E-state index >= 15 is 0 Å². The second-order valence-corrected chi connectivity index (χ2v) is 10.7. The Morgan fingerprint density at radius 1 is 1.07 bits per heavy atom. The molecule has 3 aliphatic rings. The predicted molar refractivity (Wildman–Crippen MR) is 145 cm³/mol. The third-order valence-electron chi connectivity index (χ3n) is 8.23. The van der Waals surface area contributed by atoms with Gasteiger partial charge in [0.2, 0.25) is 11.7 Å². The van der Waals surface area contributed by atoms with Crippen LogP contribution < -0.4 is 11.1 Å². The number of amides is 2. The number of carbonyl (C=O) groups excluding carboxylic acids is 4. The molecule has 8 N–H and O–H groups in total. The molecule has 12 nitrogen and oxygen atoms in total. The lowest BCUT2D eigenvalue weighted by molar-refractivity contribution is -0.153. The molecule has 2 amide bonds. The van der Waals surface area contributed by atoms with Gasteiger partial charge in [0.25, 0.3) is 5.91 Å². The highest BCUT2D eigenvalue weighted by molar-refractivity contribution is 6.24. The van der Waals surface area contributed by atoms with E-state index in [2.05, 4.69) is 5.32 Å². The number of nitrogens with two attached hydrogens (primary N) is 1. The molecule has 0 bridgehead atoms. The van der Waals surface area contributed by atoms with Gasteiger partial charge in [-0.15, -0.1) is 0 Å². The minimum atomic E-state index is -2.70. The molecule has 5 rings (SSSR count). The molecule has 0 aliphatic heterocycles. The molecule has 4 unspecified atom stereocenters. The van der Waals surface area contributed by atoms with Crippen LogP contribution in [0.3, 0.4) is 0 Å². The number of nitrogens with one attached hydrogen (secondary N) is 1. The molecule has 1 fully saturated rings. The van der Waals surface area contributed by atoms with Gasteiger partial charge in [-0.05, 0) is 67.7 Å². The molecule has 0 aromatic heterocycles. The van der Waals surface area contributed by atoms with Gasteiger partial charge in [0.15, 0.2) is 11.4 Å². The lowest BCUT2D eigenvalue weighted by Gasteiger charge is -2.50. The minimum absolute atomic E-state index is 0.0172. The molecular weight excluding hydrogens is 534 g/mol. The van der Waals surface area contributed by atoms with Gasteiger partial charge in [-0.1, -0.05) is 18.2 Å². The molecule has 41 heavy (non-hydrogen) atoms. The monoisotopic (exact) mass is 563 g/mol. The fraction of sp³-hybridized carbons (Fsp3) is 0.310. The van der Waals surface area contributed by atoms with Crippen LogP contribution in [0.2, 0.25) is 0 Å². The van der Waals surface area contributed by atoms with Crippen LogP contribution in [0.1, 0.15) is 17.5 Å². The summed E-state index contributed by atoms with van der Waals surface area (Å²) in [5.41, 5.74) is 3.79. The van der Waals surface area contributed by atoms with Crippen molar-refractivity contribution in [3.63, 3.8) is 0 Å². The highest BCUT2D eigenvalue weighted by atomic mass is 16.3. The first-order chi connectivity index (χ1) is 19.3. The molecule has 1 saturated carbocycles. The van der Waals surface area contributed by atoms with Gasteiger partial charge < -0.3 is 36.6 Å². The summed E-state index contributed by atoms with van der Waals surface area (Å²) in [6, 6.07) is 8.48. The number of hydrogen-bond acceptors (Lipinski definition) is 10. The number of Topliss-reactive ketones (excluding diaryl/α,β-unsaturated/α-hetero) is 2. The molecule has 0 radical (unpaired) electrons. The zero-order chi connectivity index (χ0) is 30.0. The van der Waals surface area contributed by atoms with Gasteiger partial charge in [0.05, 0.1) is 11.6 Å². The maximum absolute atomic E-state index is 13.9. The van der Waals surface area contributed by atoms with Crippen molar-refractivity contribution < 1.29 is 44.7 Å². The number of primary amides is 1. The Labute approximate surface area is 234 Å². The van der Waals surface area contributed by atoms with E-state index in [-0.39, 0.29) is 29.7 Å². The maximum atomic E-state index is 13.9. The van der Waals surface area contributed by atoms with Crippen molar-refractivity contribution in [1.82, 2.24) is 4.90 Å². The van der Waals surface area contributed by atoms with Crippen molar-refractivity contribution in [3.05, 3.63) is 64.4 Å². The van der Waals surface area contributed by atoms with Gasteiger partial charge in [0.1, 0.15) is 29.4 Å². The van der Waals surface area contributed by atoms with E-state index in [0.717, 1.165) is 0 Å². The van der Waals surface area contributed by atoms with Gasteiger partial charge >= 0.3 is 0 Å². The number of benzene rings is 2. The Bertz CT molecular complexity index is 1570. The van der Waals surface area contributed by atoms with Gasteiger partial charge in [0, 0.05) is 17.2 Å². The molecule has 4 atom stereocenters. The number of carbonyl (C=O) groups is 4. The van der Waals surface area contributed by atoms with E-state index in [1.54, 1.807) is 30.3 Å². The number of aliphatic hydroxyl groups excluding tert-OH is 3. The highest BCUT2D eigenvalue weighted by Crippen LogP contribution is 2.53. The lowest BCUT2D eigenvalue weighted by Crippen LogP contribution is -2.65. The van der Waals surface area contributed by atoms with Crippen molar-refractivity contribution in [2.45, 2.75) is 24.5 Å². The number of aliphatic hydroxyl groups is 4. The van der Waals surface area contributed by atoms with Gasteiger partial charge in [-0.25, -0.2) is 0 Å². The summed E-state index contributed by atoms with van der Waals surface area (Å²) in [7, 11) is 3.08. The quantitative estimate of drug-likeness (QED) is 0.251. The molecule has 0 heterocycles. The van der Waals surface area contributed by atoms with Crippen molar-refractivity contribution in [3.8, 4) is 16.9 Å². The summed E-state index contributed by atoms with van der Waals surface area (Å²) < 4.78 is 0. The minimum Gasteiger partial charge on any atom is -0.508 e. The van der Waals surface area contributed by atoms with E-state index in [0.29, 0.717) is 22.4 Å². The number of rotatable bonds is 5. The van der Waals surface area contributed by atoms with Crippen LogP contribution in [0.25, 0.3) is 16.9 Å². The molecule has 214 valence electrons. The van der Waals surface area contributed by atoms with Gasteiger partial charge in [-0.3, -0.25) is 24.1 Å². The average molecular weight is 564 g/mol.